The lowest BCUT2D eigenvalue weighted by Gasteiger charge is -2.19. The fraction of sp³-hybridized carbons (Fsp3) is 0.700. The molecule has 0 aliphatic heterocycles. The first-order chi connectivity index (χ1) is 10.1. The predicted molar refractivity (Wildman–Crippen MR) is 94.8 cm³/mol. The number of hydrogen-bond donors (Lipinski definition) is 1. The summed E-state index contributed by atoms with van der Waals surface area (Å²) in [5, 5.41) is 3.67. The summed E-state index contributed by atoms with van der Waals surface area (Å²) >= 11 is 0. The van der Waals surface area contributed by atoms with Gasteiger partial charge in [0.05, 0.1) is 0 Å². The summed E-state index contributed by atoms with van der Waals surface area (Å²) in [5.74, 6) is 1.52. The Morgan fingerprint density at radius 2 is 1.76 bits per heavy atom. The van der Waals surface area contributed by atoms with E-state index in [-0.39, 0.29) is 0 Å². The van der Waals surface area contributed by atoms with E-state index in [1.54, 1.807) is 0 Å². The molecule has 0 radical (unpaired) electrons. The quantitative estimate of drug-likeness (QED) is 0.540. The second-order valence-electron chi connectivity index (χ2n) is 6.90. The molecule has 1 N–H and O–H groups in total. The van der Waals surface area contributed by atoms with Gasteiger partial charge in [0.15, 0.2) is 0 Å². The van der Waals surface area contributed by atoms with Gasteiger partial charge in [-0.2, -0.15) is 0 Å². The Kier molecular flexibility index (Phi) is 9.41. The number of benzene rings is 1. The third-order valence-electron chi connectivity index (χ3n) is 4.22. The van der Waals surface area contributed by atoms with Crippen LogP contribution in [0.2, 0.25) is 0 Å². The molecular weight excluding hydrogens is 254 g/mol. The van der Waals surface area contributed by atoms with Crippen molar-refractivity contribution < 1.29 is 0 Å². The largest absolute Gasteiger partial charge is 0.316 e. The maximum Gasteiger partial charge on any atom is -0.00172 e. The lowest BCUT2D eigenvalue weighted by Crippen LogP contribution is -2.27. The molecule has 0 saturated heterocycles. The molecule has 0 amide bonds. The second kappa shape index (κ2) is 10.8. The Balaban J connectivity index is 2.47. The van der Waals surface area contributed by atoms with E-state index in [1.807, 2.05) is 0 Å². The molecule has 1 aromatic carbocycles. The summed E-state index contributed by atoms with van der Waals surface area (Å²) in [7, 11) is 0. The first-order valence-electron chi connectivity index (χ1n) is 8.88. The van der Waals surface area contributed by atoms with E-state index < -0.39 is 0 Å². The number of hydrogen-bond acceptors (Lipinski definition) is 1. The summed E-state index contributed by atoms with van der Waals surface area (Å²) in [6.45, 7) is 11.4. The molecule has 1 unspecified atom stereocenters. The predicted octanol–water partition coefficient (Wildman–Crippen LogP) is 5.37. The van der Waals surface area contributed by atoms with Gasteiger partial charge in [-0.1, -0.05) is 70.7 Å². The van der Waals surface area contributed by atoms with Crippen LogP contribution < -0.4 is 5.32 Å². The van der Waals surface area contributed by atoms with E-state index >= 15 is 0 Å². The monoisotopic (exact) mass is 289 g/mol. The summed E-state index contributed by atoms with van der Waals surface area (Å²) in [5.41, 5.74) is 2.98. The molecular formula is C20H35N. The van der Waals surface area contributed by atoms with Crippen molar-refractivity contribution >= 4 is 0 Å². The van der Waals surface area contributed by atoms with Crippen molar-refractivity contribution in [3.63, 3.8) is 0 Å². The highest BCUT2D eigenvalue weighted by atomic mass is 14.9. The molecule has 1 atom stereocenters. The molecule has 0 heterocycles. The zero-order chi connectivity index (χ0) is 15.5. The van der Waals surface area contributed by atoms with Crippen molar-refractivity contribution in [2.75, 3.05) is 13.1 Å². The molecule has 1 heteroatoms. The Hall–Kier alpha value is -0.820. The SMILES string of the molecule is CCCCCCC(CNCC(C)C)Cc1ccccc1C. The molecule has 0 bridgehead atoms. The highest BCUT2D eigenvalue weighted by Crippen LogP contribution is 2.18. The summed E-state index contributed by atoms with van der Waals surface area (Å²) in [6, 6.07) is 8.87. The van der Waals surface area contributed by atoms with E-state index in [4.69, 9.17) is 0 Å². The average molecular weight is 290 g/mol. The lowest BCUT2D eigenvalue weighted by molar-refractivity contribution is 0.407. The Labute approximate surface area is 132 Å². The van der Waals surface area contributed by atoms with Crippen LogP contribution in [0.25, 0.3) is 0 Å². The van der Waals surface area contributed by atoms with Gasteiger partial charge in [-0.15, -0.1) is 0 Å². The first-order valence-corrected chi connectivity index (χ1v) is 8.88. The average Bonchev–Trinajstić information content (AvgIpc) is 2.45. The molecule has 1 nitrogen and oxygen atoms in total. The van der Waals surface area contributed by atoms with Gasteiger partial charge in [0, 0.05) is 0 Å². The Morgan fingerprint density at radius 1 is 1.00 bits per heavy atom. The van der Waals surface area contributed by atoms with Crippen molar-refractivity contribution in [1.29, 1.82) is 0 Å². The molecule has 0 aliphatic carbocycles. The van der Waals surface area contributed by atoms with Gasteiger partial charge in [0.1, 0.15) is 0 Å². The highest BCUT2D eigenvalue weighted by molar-refractivity contribution is 5.25. The standard InChI is InChI=1S/C20H35N/c1-5-6-7-8-12-19(16-21-15-17(2)3)14-20-13-10-9-11-18(20)4/h9-11,13,17,19,21H,5-8,12,14-16H2,1-4H3. The van der Waals surface area contributed by atoms with Gasteiger partial charge in [0.2, 0.25) is 0 Å². The molecule has 0 spiro atoms. The van der Waals surface area contributed by atoms with Crippen molar-refractivity contribution in [2.45, 2.75) is 66.2 Å². The fourth-order valence-corrected chi connectivity index (χ4v) is 2.86. The van der Waals surface area contributed by atoms with Crippen LogP contribution in [0.5, 0.6) is 0 Å². The third kappa shape index (κ3) is 8.26. The van der Waals surface area contributed by atoms with E-state index in [1.165, 1.54) is 56.2 Å². The number of unbranched alkanes of at least 4 members (excludes halogenated alkanes) is 3. The minimum Gasteiger partial charge on any atom is -0.316 e. The smallest absolute Gasteiger partial charge is 0.00172 e. The summed E-state index contributed by atoms with van der Waals surface area (Å²) in [6.07, 6.45) is 8.08. The normalized spacial score (nSPS) is 12.8. The van der Waals surface area contributed by atoms with Crippen molar-refractivity contribution in [2.24, 2.45) is 11.8 Å². The van der Waals surface area contributed by atoms with Crippen molar-refractivity contribution in [1.82, 2.24) is 5.32 Å². The van der Waals surface area contributed by atoms with Crippen LogP contribution in [0.4, 0.5) is 0 Å². The lowest BCUT2D eigenvalue weighted by atomic mass is 9.91. The topological polar surface area (TPSA) is 12.0 Å². The van der Waals surface area contributed by atoms with Crippen molar-refractivity contribution in [3.05, 3.63) is 35.4 Å². The van der Waals surface area contributed by atoms with Gasteiger partial charge >= 0.3 is 0 Å². The maximum atomic E-state index is 3.67. The van der Waals surface area contributed by atoms with Gasteiger partial charge < -0.3 is 5.32 Å². The van der Waals surface area contributed by atoms with E-state index in [9.17, 15) is 0 Å². The maximum absolute atomic E-state index is 3.67. The summed E-state index contributed by atoms with van der Waals surface area (Å²) in [4.78, 5) is 0. The van der Waals surface area contributed by atoms with Crippen LogP contribution in [0.3, 0.4) is 0 Å². The Bertz CT molecular complexity index is 370. The number of aryl methyl sites for hydroxylation is 1. The molecule has 21 heavy (non-hydrogen) atoms. The number of rotatable bonds is 11. The minimum absolute atomic E-state index is 0.740. The van der Waals surface area contributed by atoms with Gasteiger partial charge in [-0.3, -0.25) is 0 Å². The highest BCUT2D eigenvalue weighted by Gasteiger charge is 2.11. The van der Waals surface area contributed by atoms with E-state index in [0.717, 1.165) is 18.4 Å². The molecule has 0 saturated carbocycles. The fourth-order valence-electron chi connectivity index (χ4n) is 2.86. The van der Waals surface area contributed by atoms with Crippen LogP contribution in [0, 0.1) is 18.8 Å². The minimum atomic E-state index is 0.740. The second-order valence-corrected chi connectivity index (χ2v) is 6.90. The van der Waals surface area contributed by atoms with E-state index in [0.29, 0.717) is 0 Å². The van der Waals surface area contributed by atoms with Crippen LogP contribution in [0.1, 0.15) is 64.0 Å². The zero-order valence-electron chi connectivity index (χ0n) is 14.6. The molecule has 0 fully saturated rings. The van der Waals surface area contributed by atoms with Crippen LogP contribution in [-0.2, 0) is 6.42 Å². The first kappa shape index (κ1) is 18.2. The van der Waals surface area contributed by atoms with Gasteiger partial charge in [-0.25, -0.2) is 0 Å². The van der Waals surface area contributed by atoms with Crippen LogP contribution in [-0.4, -0.2) is 13.1 Å². The van der Waals surface area contributed by atoms with Crippen molar-refractivity contribution in [3.8, 4) is 0 Å². The van der Waals surface area contributed by atoms with Crippen LogP contribution >= 0.6 is 0 Å². The van der Waals surface area contributed by atoms with Crippen LogP contribution in [0.15, 0.2) is 24.3 Å². The Morgan fingerprint density at radius 3 is 2.43 bits per heavy atom. The molecule has 120 valence electrons. The molecule has 1 aromatic rings. The zero-order valence-corrected chi connectivity index (χ0v) is 14.6. The summed E-state index contributed by atoms with van der Waals surface area (Å²) < 4.78 is 0. The third-order valence-corrected chi connectivity index (χ3v) is 4.22. The van der Waals surface area contributed by atoms with Gasteiger partial charge in [0.25, 0.3) is 0 Å². The van der Waals surface area contributed by atoms with E-state index in [2.05, 4.69) is 57.3 Å². The molecule has 0 aromatic heterocycles. The van der Waals surface area contributed by atoms with Gasteiger partial charge in [-0.05, 0) is 55.8 Å². The number of nitrogens with one attached hydrogen (secondary N) is 1. The molecule has 0 aliphatic rings. The molecule has 1 rings (SSSR count).